The number of halogens is 1. The molecule has 0 heterocycles. The molecule has 2 aromatic rings. The average molecular weight is 316 g/mol. The van der Waals surface area contributed by atoms with Gasteiger partial charge in [-0.2, -0.15) is 5.26 Å². The summed E-state index contributed by atoms with van der Waals surface area (Å²) in [5.74, 6) is -0.283. The molecule has 0 unspecified atom stereocenters. The number of nitro groups is 1. The molecule has 0 atom stereocenters. The zero-order valence-corrected chi connectivity index (χ0v) is 12.0. The maximum Gasteiger partial charge on any atom is 0.269 e. The van der Waals surface area contributed by atoms with Gasteiger partial charge in [0.05, 0.1) is 21.9 Å². The van der Waals surface area contributed by atoms with Gasteiger partial charge in [0.25, 0.3) is 5.69 Å². The number of amides is 1. The minimum absolute atomic E-state index is 0.0250. The van der Waals surface area contributed by atoms with Crippen LogP contribution in [-0.4, -0.2) is 10.8 Å². The number of nitriles is 1. The number of nitrogens with zero attached hydrogens (tertiary/aromatic N) is 2. The van der Waals surface area contributed by atoms with Crippen LogP contribution in [0.2, 0.25) is 5.02 Å². The van der Waals surface area contributed by atoms with E-state index in [0.717, 1.165) is 0 Å². The highest BCUT2D eigenvalue weighted by atomic mass is 35.5. The summed E-state index contributed by atoms with van der Waals surface area (Å²) in [7, 11) is 0. The molecule has 0 fully saturated rings. The van der Waals surface area contributed by atoms with Crippen molar-refractivity contribution in [2.75, 3.05) is 5.32 Å². The topological polar surface area (TPSA) is 96.0 Å². The van der Waals surface area contributed by atoms with E-state index in [1.165, 1.54) is 36.4 Å². The Hall–Kier alpha value is -2.91. The van der Waals surface area contributed by atoms with Gasteiger partial charge in [0.1, 0.15) is 6.07 Å². The molecular formula is C15H10ClN3O3. The van der Waals surface area contributed by atoms with Gasteiger partial charge in [-0.3, -0.25) is 14.9 Å². The van der Waals surface area contributed by atoms with Crippen LogP contribution in [0.15, 0.2) is 42.5 Å². The van der Waals surface area contributed by atoms with Crippen molar-refractivity contribution >= 4 is 28.9 Å². The van der Waals surface area contributed by atoms with E-state index < -0.39 is 4.92 Å². The maximum absolute atomic E-state index is 11.9. The van der Waals surface area contributed by atoms with E-state index in [1.54, 1.807) is 6.07 Å². The van der Waals surface area contributed by atoms with Crippen LogP contribution in [0.1, 0.15) is 11.1 Å². The normalized spacial score (nSPS) is 9.82. The summed E-state index contributed by atoms with van der Waals surface area (Å²) < 4.78 is 0. The van der Waals surface area contributed by atoms with Crippen LogP contribution in [0.4, 0.5) is 11.4 Å². The van der Waals surface area contributed by atoms with Gasteiger partial charge >= 0.3 is 0 Å². The summed E-state index contributed by atoms with van der Waals surface area (Å²) in [4.78, 5) is 22.0. The number of anilines is 1. The van der Waals surface area contributed by atoms with Crippen LogP contribution in [0, 0.1) is 21.4 Å². The molecule has 0 aromatic heterocycles. The highest BCUT2D eigenvalue weighted by Gasteiger charge is 2.08. The number of rotatable bonds is 4. The van der Waals surface area contributed by atoms with E-state index in [9.17, 15) is 14.9 Å². The lowest BCUT2D eigenvalue weighted by Crippen LogP contribution is -2.14. The highest BCUT2D eigenvalue weighted by Crippen LogP contribution is 2.20. The number of nitro benzene ring substituents is 1. The van der Waals surface area contributed by atoms with Crippen molar-refractivity contribution < 1.29 is 9.72 Å². The van der Waals surface area contributed by atoms with E-state index in [-0.39, 0.29) is 23.0 Å². The lowest BCUT2D eigenvalue weighted by atomic mass is 10.1. The Morgan fingerprint density at radius 3 is 2.50 bits per heavy atom. The SMILES string of the molecule is N#Cc1ccc(NC(=O)Cc2ccc([N+](=O)[O-])cc2)cc1Cl. The molecular weight excluding hydrogens is 306 g/mol. The molecule has 0 aliphatic heterocycles. The second kappa shape index (κ2) is 6.70. The lowest BCUT2D eigenvalue weighted by molar-refractivity contribution is -0.384. The Bertz CT molecular complexity index is 767. The number of non-ortho nitro benzene ring substituents is 1. The Balaban J connectivity index is 2.02. The van der Waals surface area contributed by atoms with Crippen LogP contribution in [0.25, 0.3) is 0 Å². The van der Waals surface area contributed by atoms with Gasteiger partial charge < -0.3 is 5.32 Å². The molecule has 0 radical (unpaired) electrons. The van der Waals surface area contributed by atoms with Crippen LogP contribution >= 0.6 is 11.6 Å². The molecule has 0 bridgehead atoms. The van der Waals surface area contributed by atoms with Crippen LogP contribution in [-0.2, 0) is 11.2 Å². The molecule has 0 saturated carbocycles. The monoisotopic (exact) mass is 315 g/mol. The van der Waals surface area contributed by atoms with Crippen molar-refractivity contribution in [3.8, 4) is 6.07 Å². The molecule has 7 heteroatoms. The Kier molecular flexibility index (Phi) is 4.71. The van der Waals surface area contributed by atoms with Gasteiger partial charge in [-0.15, -0.1) is 0 Å². The lowest BCUT2D eigenvalue weighted by Gasteiger charge is -2.06. The summed E-state index contributed by atoms with van der Waals surface area (Å²) in [6.07, 6.45) is 0.0790. The van der Waals surface area contributed by atoms with E-state index in [2.05, 4.69) is 5.32 Å². The van der Waals surface area contributed by atoms with E-state index >= 15 is 0 Å². The Morgan fingerprint density at radius 1 is 1.27 bits per heavy atom. The second-order valence-electron chi connectivity index (χ2n) is 4.45. The molecule has 1 amide bonds. The standard InChI is InChI=1S/C15H10ClN3O3/c16-14-8-12(4-3-11(14)9-17)18-15(20)7-10-1-5-13(6-2-10)19(21)22/h1-6,8H,7H2,(H,18,20). The third kappa shape index (κ3) is 3.81. The first-order valence-corrected chi connectivity index (χ1v) is 6.60. The molecule has 2 aromatic carbocycles. The highest BCUT2D eigenvalue weighted by molar-refractivity contribution is 6.32. The van der Waals surface area contributed by atoms with Gasteiger partial charge in [0.15, 0.2) is 0 Å². The first kappa shape index (κ1) is 15.5. The van der Waals surface area contributed by atoms with Crippen molar-refractivity contribution in [3.63, 3.8) is 0 Å². The van der Waals surface area contributed by atoms with Crippen LogP contribution in [0.5, 0.6) is 0 Å². The fourth-order valence-corrected chi connectivity index (χ4v) is 2.03. The van der Waals surface area contributed by atoms with Crippen LogP contribution in [0.3, 0.4) is 0 Å². The summed E-state index contributed by atoms with van der Waals surface area (Å²) in [5, 5.41) is 22.2. The van der Waals surface area contributed by atoms with E-state index in [1.807, 2.05) is 6.07 Å². The number of hydrogen-bond acceptors (Lipinski definition) is 4. The number of nitrogens with one attached hydrogen (secondary N) is 1. The fraction of sp³-hybridized carbons (Fsp3) is 0.0667. The van der Waals surface area contributed by atoms with Gasteiger partial charge in [-0.1, -0.05) is 23.7 Å². The molecule has 6 nitrogen and oxygen atoms in total. The van der Waals surface area contributed by atoms with Crippen molar-refractivity contribution in [2.45, 2.75) is 6.42 Å². The largest absolute Gasteiger partial charge is 0.326 e. The molecule has 2 rings (SSSR count). The quantitative estimate of drug-likeness (QED) is 0.691. The summed E-state index contributed by atoms with van der Waals surface area (Å²) in [5.41, 5.74) is 1.44. The maximum atomic E-state index is 11.9. The minimum Gasteiger partial charge on any atom is -0.326 e. The van der Waals surface area contributed by atoms with E-state index in [4.69, 9.17) is 16.9 Å². The second-order valence-corrected chi connectivity index (χ2v) is 4.86. The fourth-order valence-electron chi connectivity index (χ4n) is 1.81. The van der Waals surface area contributed by atoms with E-state index in [0.29, 0.717) is 16.8 Å². The molecule has 22 heavy (non-hydrogen) atoms. The zero-order chi connectivity index (χ0) is 16.1. The van der Waals surface area contributed by atoms with Crippen molar-refractivity contribution in [2.24, 2.45) is 0 Å². The third-order valence-corrected chi connectivity index (χ3v) is 3.20. The van der Waals surface area contributed by atoms with Crippen molar-refractivity contribution in [1.82, 2.24) is 0 Å². The molecule has 1 N–H and O–H groups in total. The molecule has 0 aliphatic carbocycles. The Morgan fingerprint density at radius 2 is 1.95 bits per heavy atom. The molecule has 0 spiro atoms. The zero-order valence-electron chi connectivity index (χ0n) is 11.2. The average Bonchev–Trinajstić information content (AvgIpc) is 2.48. The molecule has 0 saturated heterocycles. The van der Waals surface area contributed by atoms with Gasteiger partial charge in [0, 0.05) is 17.8 Å². The van der Waals surface area contributed by atoms with Gasteiger partial charge in [-0.05, 0) is 23.8 Å². The summed E-state index contributed by atoms with van der Waals surface area (Å²) in [6.45, 7) is 0. The van der Waals surface area contributed by atoms with Crippen LogP contribution < -0.4 is 5.32 Å². The molecule has 0 aliphatic rings. The third-order valence-electron chi connectivity index (χ3n) is 2.89. The van der Waals surface area contributed by atoms with Crippen molar-refractivity contribution in [1.29, 1.82) is 5.26 Å². The molecule has 110 valence electrons. The number of hydrogen-bond donors (Lipinski definition) is 1. The van der Waals surface area contributed by atoms with Gasteiger partial charge in [0.2, 0.25) is 5.91 Å². The van der Waals surface area contributed by atoms with Crippen molar-refractivity contribution in [3.05, 3.63) is 68.7 Å². The summed E-state index contributed by atoms with van der Waals surface area (Å²) in [6, 6.07) is 12.3. The smallest absolute Gasteiger partial charge is 0.269 e. The number of benzene rings is 2. The Labute approximate surface area is 131 Å². The minimum atomic E-state index is -0.497. The predicted octanol–water partition coefficient (Wildman–Crippen LogP) is 3.30. The summed E-state index contributed by atoms with van der Waals surface area (Å²) >= 11 is 5.88. The number of carbonyl (C=O) groups excluding carboxylic acids is 1. The van der Waals surface area contributed by atoms with Gasteiger partial charge in [-0.25, -0.2) is 0 Å². The first-order chi connectivity index (χ1) is 10.5. The first-order valence-electron chi connectivity index (χ1n) is 6.22. The predicted molar refractivity (Wildman–Crippen MR) is 81.6 cm³/mol. The number of carbonyl (C=O) groups is 1.